The first-order chi connectivity index (χ1) is 12.2. The zero-order valence-electron chi connectivity index (χ0n) is 15.7. The maximum Gasteiger partial charge on any atom is 0.110 e. The summed E-state index contributed by atoms with van der Waals surface area (Å²) in [7, 11) is 0. The van der Waals surface area contributed by atoms with Gasteiger partial charge >= 0.3 is 0 Å². The average molecular weight is 344 g/mol. The minimum Gasteiger partial charge on any atom is -0.335 e. The van der Waals surface area contributed by atoms with Gasteiger partial charge in [0.15, 0.2) is 0 Å². The highest BCUT2D eigenvalue weighted by atomic mass is 15.1. The molecule has 1 atom stereocenters. The third-order valence-corrected chi connectivity index (χ3v) is 4.67. The first-order valence-corrected chi connectivity index (χ1v) is 9.58. The van der Waals surface area contributed by atoms with Crippen molar-refractivity contribution in [1.82, 2.24) is 19.9 Å². The Balaban J connectivity index is 1.95. The van der Waals surface area contributed by atoms with Crippen LogP contribution in [0.4, 0.5) is 0 Å². The molecule has 138 valence electrons. The molecule has 0 radical (unpaired) electrons. The third-order valence-electron chi connectivity index (χ3n) is 4.67. The number of imidazole rings is 1. The van der Waals surface area contributed by atoms with Crippen molar-refractivity contribution in [2.24, 2.45) is 5.73 Å². The third kappa shape index (κ3) is 6.59. The molecule has 2 aromatic heterocycles. The molecule has 5 heteroatoms. The van der Waals surface area contributed by atoms with Crippen molar-refractivity contribution in [1.29, 1.82) is 0 Å². The number of nitrogens with zero attached hydrogens (tertiary/aromatic N) is 3. The molecule has 0 fully saturated rings. The highest BCUT2D eigenvalue weighted by Gasteiger charge is 2.13. The molecule has 0 saturated heterocycles. The highest BCUT2D eigenvalue weighted by Crippen LogP contribution is 2.10. The van der Waals surface area contributed by atoms with E-state index in [1.54, 1.807) is 0 Å². The second kappa shape index (κ2) is 11.0. The van der Waals surface area contributed by atoms with Crippen molar-refractivity contribution in [3.8, 4) is 0 Å². The van der Waals surface area contributed by atoms with E-state index in [1.807, 2.05) is 18.5 Å². The van der Waals surface area contributed by atoms with Crippen LogP contribution in [-0.2, 0) is 19.5 Å². The predicted octanol–water partition coefficient (Wildman–Crippen LogP) is 3.22. The molecule has 0 aliphatic carbocycles. The van der Waals surface area contributed by atoms with E-state index in [2.05, 4.69) is 46.0 Å². The number of unbranched alkanes of at least 4 members (excludes halogenated alkanes) is 2. The van der Waals surface area contributed by atoms with Crippen molar-refractivity contribution in [2.75, 3.05) is 6.54 Å². The van der Waals surface area contributed by atoms with Crippen molar-refractivity contribution in [3.63, 3.8) is 0 Å². The van der Waals surface area contributed by atoms with Crippen molar-refractivity contribution in [2.45, 2.75) is 71.5 Å². The Hall–Kier alpha value is -1.72. The number of nitrogens with two attached hydrogens (primary N) is 1. The summed E-state index contributed by atoms with van der Waals surface area (Å²) < 4.78 is 2.30. The van der Waals surface area contributed by atoms with Gasteiger partial charge in [-0.25, -0.2) is 4.98 Å². The molecule has 0 aliphatic rings. The highest BCUT2D eigenvalue weighted by molar-refractivity contribution is 5.17. The lowest BCUT2D eigenvalue weighted by atomic mass is 10.1. The van der Waals surface area contributed by atoms with Gasteiger partial charge in [-0.2, -0.15) is 0 Å². The lowest BCUT2D eigenvalue weighted by Crippen LogP contribution is -2.33. The molecule has 0 bridgehead atoms. The van der Waals surface area contributed by atoms with Gasteiger partial charge in [-0.05, 0) is 44.4 Å². The lowest BCUT2D eigenvalue weighted by Gasteiger charge is -2.19. The molecule has 0 amide bonds. The van der Waals surface area contributed by atoms with Crippen LogP contribution < -0.4 is 11.1 Å². The first-order valence-electron chi connectivity index (χ1n) is 9.58. The van der Waals surface area contributed by atoms with Crippen LogP contribution in [0.1, 0.15) is 56.1 Å². The summed E-state index contributed by atoms with van der Waals surface area (Å²) in [5, 5.41) is 3.67. The topological polar surface area (TPSA) is 68.8 Å². The molecule has 2 aromatic rings. The van der Waals surface area contributed by atoms with Crippen LogP contribution in [0.2, 0.25) is 0 Å². The van der Waals surface area contributed by atoms with Crippen molar-refractivity contribution < 1.29 is 0 Å². The molecule has 2 heterocycles. The Morgan fingerprint density at radius 2 is 2.08 bits per heavy atom. The van der Waals surface area contributed by atoms with Crippen LogP contribution in [0, 0.1) is 6.92 Å². The van der Waals surface area contributed by atoms with Crippen molar-refractivity contribution in [3.05, 3.63) is 47.8 Å². The minimum absolute atomic E-state index is 0.372. The number of aromatic nitrogens is 3. The van der Waals surface area contributed by atoms with E-state index < -0.39 is 0 Å². The molecule has 25 heavy (non-hydrogen) atoms. The smallest absolute Gasteiger partial charge is 0.110 e. The van der Waals surface area contributed by atoms with Gasteiger partial charge in [0, 0.05) is 44.1 Å². The summed E-state index contributed by atoms with van der Waals surface area (Å²) in [6, 6.07) is 4.47. The summed E-state index contributed by atoms with van der Waals surface area (Å²) >= 11 is 0. The quantitative estimate of drug-likeness (QED) is 0.581. The number of nitrogens with one attached hydrogen (secondary N) is 1. The van der Waals surface area contributed by atoms with E-state index in [9.17, 15) is 0 Å². The number of aryl methyl sites for hydroxylation is 2. The minimum atomic E-state index is 0.372. The van der Waals surface area contributed by atoms with Crippen LogP contribution in [0.25, 0.3) is 0 Å². The van der Waals surface area contributed by atoms with Gasteiger partial charge in [0.1, 0.15) is 5.82 Å². The molecule has 0 saturated carbocycles. The SMILES string of the molecule is CCCCCn1ccnc1CC(CCCN)NCc1ncccc1C. The van der Waals surface area contributed by atoms with Crippen LogP contribution in [0.3, 0.4) is 0 Å². The maximum atomic E-state index is 5.73. The summed E-state index contributed by atoms with van der Waals surface area (Å²) in [6.45, 7) is 6.93. The Morgan fingerprint density at radius 1 is 1.20 bits per heavy atom. The zero-order valence-corrected chi connectivity index (χ0v) is 15.7. The molecule has 0 aromatic carbocycles. The molecule has 0 aliphatic heterocycles. The second-order valence-corrected chi connectivity index (χ2v) is 6.72. The Bertz CT molecular complexity index is 608. The monoisotopic (exact) mass is 343 g/mol. The van der Waals surface area contributed by atoms with Crippen LogP contribution >= 0.6 is 0 Å². The van der Waals surface area contributed by atoms with E-state index in [0.717, 1.165) is 44.6 Å². The molecule has 1 unspecified atom stereocenters. The largest absolute Gasteiger partial charge is 0.335 e. The number of hydrogen-bond donors (Lipinski definition) is 2. The standard InChI is InChI=1S/C20H33N5/c1-3-4-5-13-25-14-12-23-20(25)15-18(9-6-10-21)24-16-19-17(2)8-7-11-22-19/h7-8,11-12,14,18,24H,3-6,9-10,13,15-16,21H2,1-2H3. The fourth-order valence-corrected chi connectivity index (χ4v) is 3.07. The normalized spacial score (nSPS) is 12.4. The maximum absolute atomic E-state index is 5.73. The number of pyridine rings is 1. The van der Waals surface area contributed by atoms with Gasteiger partial charge in [0.05, 0.1) is 5.69 Å². The van der Waals surface area contributed by atoms with Gasteiger partial charge in [-0.15, -0.1) is 0 Å². The fourth-order valence-electron chi connectivity index (χ4n) is 3.07. The second-order valence-electron chi connectivity index (χ2n) is 6.72. The average Bonchev–Trinajstić information content (AvgIpc) is 3.06. The van der Waals surface area contributed by atoms with Crippen LogP contribution in [0.15, 0.2) is 30.7 Å². The van der Waals surface area contributed by atoms with Gasteiger partial charge in [-0.3, -0.25) is 4.98 Å². The number of rotatable bonds is 12. The molecule has 2 rings (SSSR count). The number of hydrogen-bond acceptors (Lipinski definition) is 4. The van der Waals surface area contributed by atoms with E-state index in [4.69, 9.17) is 5.73 Å². The van der Waals surface area contributed by atoms with E-state index in [-0.39, 0.29) is 0 Å². The molecule has 0 spiro atoms. The molecular formula is C20H33N5. The fraction of sp³-hybridized carbons (Fsp3) is 0.600. The van der Waals surface area contributed by atoms with E-state index in [1.165, 1.54) is 30.7 Å². The zero-order chi connectivity index (χ0) is 17.9. The van der Waals surface area contributed by atoms with Gasteiger partial charge in [0.2, 0.25) is 0 Å². The Labute approximate surface area is 152 Å². The van der Waals surface area contributed by atoms with Gasteiger partial charge in [0.25, 0.3) is 0 Å². The molecular weight excluding hydrogens is 310 g/mol. The Kier molecular flexibility index (Phi) is 8.63. The van der Waals surface area contributed by atoms with E-state index >= 15 is 0 Å². The van der Waals surface area contributed by atoms with Crippen LogP contribution in [-0.4, -0.2) is 27.1 Å². The summed E-state index contributed by atoms with van der Waals surface area (Å²) in [6.07, 6.45) is 12.6. The molecule has 5 nitrogen and oxygen atoms in total. The van der Waals surface area contributed by atoms with E-state index in [0.29, 0.717) is 6.04 Å². The van der Waals surface area contributed by atoms with Crippen LogP contribution in [0.5, 0.6) is 0 Å². The van der Waals surface area contributed by atoms with Gasteiger partial charge in [-0.1, -0.05) is 25.8 Å². The van der Waals surface area contributed by atoms with Gasteiger partial charge < -0.3 is 15.6 Å². The summed E-state index contributed by atoms with van der Waals surface area (Å²) in [5.74, 6) is 1.17. The lowest BCUT2D eigenvalue weighted by molar-refractivity contribution is 0.444. The Morgan fingerprint density at radius 3 is 2.84 bits per heavy atom. The predicted molar refractivity (Wildman–Crippen MR) is 103 cm³/mol. The molecule has 3 N–H and O–H groups in total. The summed E-state index contributed by atoms with van der Waals surface area (Å²) in [5.41, 5.74) is 8.08. The first kappa shape index (κ1) is 19.6. The van der Waals surface area contributed by atoms with Crippen molar-refractivity contribution >= 4 is 0 Å². The summed E-state index contributed by atoms with van der Waals surface area (Å²) in [4.78, 5) is 9.08.